The number of carbonyl (C=O) groups excluding carboxylic acids is 1. The van der Waals surface area contributed by atoms with Gasteiger partial charge >= 0.3 is 6.09 Å². The predicted molar refractivity (Wildman–Crippen MR) is 92.3 cm³/mol. The van der Waals surface area contributed by atoms with Crippen LogP contribution in [0.3, 0.4) is 0 Å². The number of nitrogens with zero attached hydrogens (tertiary/aromatic N) is 3. The second-order valence-electron chi connectivity index (χ2n) is 7.01. The molecule has 0 aromatic heterocycles. The number of likely N-dealkylation sites (tertiary alicyclic amines) is 1. The van der Waals surface area contributed by atoms with E-state index < -0.39 is 10.5 Å². The highest BCUT2D eigenvalue weighted by atomic mass is 16.6. The summed E-state index contributed by atoms with van der Waals surface area (Å²) in [5, 5.41) is 23.3. The monoisotopic (exact) mass is 346 g/mol. The molecule has 1 fully saturated rings. The summed E-state index contributed by atoms with van der Waals surface area (Å²) in [6.45, 7) is 6.44. The highest BCUT2D eigenvalue weighted by Crippen LogP contribution is 2.27. The van der Waals surface area contributed by atoms with Gasteiger partial charge in [0.05, 0.1) is 16.6 Å². The van der Waals surface area contributed by atoms with Crippen LogP contribution in [0.2, 0.25) is 0 Å². The van der Waals surface area contributed by atoms with Gasteiger partial charge in [0.1, 0.15) is 11.3 Å². The largest absolute Gasteiger partial charge is 0.444 e. The van der Waals surface area contributed by atoms with Gasteiger partial charge in [0, 0.05) is 25.2 Å². The van der Waals surface area contributed by atoms with Crippen molar-refractivity contribution in [2.45, 2.75) is 45.3 Å². The van der Waals surface area contributed by atoms with Crippen molar-refractivity contribution in [1.29, 1.82) is 5.26 Å². The molecule has 1 atom stereocenters. The fraction of sp³-hybridized carbons (Fsp3) is 0.529. The van der Waals surface area contributed by atoms with Crippen molar-refractivity contribution >= 4 is 17.5 Å². The first-order valence-electron chi connectivity index (χ1n) is 8.12. The molecular weight excluding hydrogens is 324 g/mol. The standard InChI is InChI=1S/C17H22N4O4/c1-17(2,3)25-16(22)20-8-4-5-13(11-20)19-14-7-6-12(10-18)9-15(14)21(23)24/h6-7,9,13,19H,4-5,8,11H2,1-3H3. The summed E-state index contributed by atoms with van der Waals surface area (Å²) in [7, 11) is 0. The molecule has 0 radical (unpaired) electrons. The van der Waals surface area contributed by atoms with E-state index in [0.29, 0.717) is 18.8 Å². The normalized spacial score (nSPS) is 17.5. The number of nitrogens with one attached hydrogen (secondary N) is 1. The van der Waals surface area contributed by atoms with Crippen molar-refractivity contribution in [2.75, 3.05) is 18.4 Å². The van der Waals surface area contributed by atoms with Gasteiger partial charge in [0.15, 0.2) is 0 Å². The predicted octanol–water partition coefficient (Wildman–Crippen LogP) is 3.28. The van der Waals surface area contributed by atoms with Crippen molar-refractivity contribution in [3.05, 3.63) is 33.9 Å². The minimum Gasteiger partial charge on any atom is -0.444 e. The zero-order valence-electron chi connectivity index (χ0n) is 14.6. The van der Waals surface area contributed by atoms with Gasteiger partial charge in [-0.3, -0.25) is 10.1 Å². The molecule has 1 amide bonds. The number of ether oxygens (including phenoxy) is 1. The first-order chi connectivity index (χ1) is 11.7. The molecular formula is C17H22N4O4. The Morgan fingerprint density at radius 2 is 2.20 bits per heavy atom. The second kappa shape index (κ2) is 7.38. The van der Waals surface area contributed by atoms with Crippen LogP contribution in [0.1, 0.15) is 39.2 Å². The van der Waals surface area contributed by atoms with E-state index in [9.17, 15) is 14.9 Å². The van der Waals surface area contributed by atoms with Crippen molar-refractivity contribution in [3.63, 3.8) is 0 Å². The van der Waals surface area contributed by atoms with E-state index in [4.69, 9.17) is 10.00 Å². The minimum absolute atomic E-state index is 0.118. The molecule has 1 aliphatic rings. The third-order valence-electron chi connectivity index (χ3n) is 3.76. The zero-order chi connectivity index (χ0) is 18.6. The zero-order valence-corrected chi connectivity index (χ0v) is 14.6. The molecule has 2 rings (SSSR count). The number of nitro benzene ring substituents is 1. The van der Waals surface area contributed by atoms with Crippen LogP contribution in [-0.2, 0) is 4.74 Å². The Bertz CT molecular complexity index is 706. The molecule has 134 valence electrons. The quantitative estimate of drug-likeness (QED) is 0.664. The van der Waals surface area contributed by atoms with Crippen LogP contribution in [-0.4, -0.2) is 40.6 Å². The van der Waals surface area contributed by atoms with Gasteiger partial charge in [-0.15, -0.1) is 0 Å². The number of carbonyl (C=O) groups is 1. The number of nitriles is 1. The maximum atomic E-state index is 12.2. The fourth-order valence-corrected chi connectivity index (χ4v) is 2.68. The number of benzene rings is 1. The number of hydrogen-bond donors (Lipinski definition) is 1. The Hall–Kier alpha value is -2.82. The summed E-state index contributed by atoms with van der Waals surface area (Å²) in [6.07, 6.45) is 1.19. The molecule has 1 aromatic carbocycles. The van der Waals surface area contributed by atoms with Crippen LogP contribution < -0.4 is 5.32 Å². The Morgan fingerprint density at radius 1 is 1.48 bits per heavy atom. The second-order valence-corrected chi connectivity index (χ2v) is 7.01. The molecule has 1 aromatic rings. The number of piperidine rings is 1. The number of anilines is 1. The highest BCUT2D eigenvalue weighted by molar-refractivity contribution is 5.69. The molecule has 0 aliphatic carbocycles. The summed E-state index contributed by atoms with van der Waals surface area (Å²) in [4.78, 5) is 24.5. The van der Waals surface area contributed by atoms with Crippen LogP contribution >= 0.6 is 0 Å². The SMILES string of the molecule is CC(C)(C)OC(=O)N1CCCC(Nc2ccc(C#N)cc2[N+](=O)[O-])C1. The van der Waals surface area contributed by atoms with Gasteiger partial charge in [-0.05, 0) is 45.7 Å². The molecule has 25 heavy (non-hydrogen) atoms. The van der Waals surface area contributed by atoms with E-state index >= 15 is 0 Å². The van der Waals surface area contributed by atoms with E-state index in [0.717, 1.165) is 12.8 Å². The van der Waals surface area contributed by atoms with Crippen molar-refractivity contribution in [2.24, 2.45) is 0 Å². The van der Waals surface area contributed by atoms with Gasteiger partial charge in [-0.25, -0.2) is 4.79 Å². The fourth-order valence-electron chi connectivity index (χ4n) is 2.68. The Kier molecular flexibility index (Phi) is 5.47. The van der Waals surface area contributed by atoms with Gasteiger partial charge in [-0.1, -0.05) is 0 Å². The minimum atomic E-state index is -0.566. The molecule has 1 N–H and O–H groups in total. The molecule has 1 saturated heterocycles. The van der Waals surface area contributed by atoms with Crippen LogP contribution in [0.15, 0.2) is 18.2 Å². The van der Waals surface area contributed by atoms with E-state index in [1.807, 2.05) is 26.8 Å². The summed E-state index contributed by atoms with van der Waals surface area (Å²) < 4.78 is 5.38. The smallest absolute Gasteiger partial charge is 0.410 e. The van der Waals surface area contributed by atoms with Crippen molar-refractivity contribution in [1.82, 2.24) is 4.90 Å². The average Bonchev–Trinajstić information content (AvgIpc) is 2.53. The Balaban J connectivity index is 2.09. The van der Waals surface area contributed by atoms with E-state index in [2.05, 4.69) is 5.32 Å². The van der Waals surface area contributed by atoms with Crippen LogP contribution in [0, 0.1) is 21.4 Å². The lowest BCUT2D eigenvalue weighted by Crippen LogP contribution is -2.47. The first-order valence-corrected chi connectivity index (χ1v) is 8.12. The first kappa shape index (κ1) is 18.5. The summed E-state index contributed by atoms with van der Waals surface area (Å²) in [5.41, 5.74) is -0.131. The van der Waals surface area contributed by atoms with Crippen LogP contribution in [0.25, 0.3) is 0 Å². The number of hydrogen-bond acceptors (Lipinski definition) is 6. The van der Waals surface area contributed by atoms with Crippen LogP contribution in [0.4, 0.5) is 16.2 Å². The molecule has 1 aliphatic heterocycles. The summed E-state index contributed by atoms with van der Waals surface area (Å²) >= 11 is 0. The van der Waals surface area contributed by atoms with Crippen molar-refractivity contribution in [3.8, 4) is 6.07 Å². The van der Waals surface area contributed by atoms with E-state index in [-0.39, 0.29) is 23.4 Å². The summed E-state index contributed by atoms with van der Waals surface area (Å²) in [5.74, 6) is 0. The third-order valence-corrected chi connectivity index (χ3v) is 3.76. The maximum Gasteiger partial charge on any atom is 0.410 e. The number of amides is 1. The molecule has 0 bridgehead atoms. The third kappa shape index (κ3) is 5.08. The molecule has 0 saturated carbocycles. The molecule has 1 unspecified atom stereocenters. The topological polar surface area (TPSA) is 108 Å². The Morgan fingerprint density at radius 3 is 2.80 bits per heavy atom. The van der Waals surface area contributed by atoms with Gasteiger partial charge in [0.25, 0.3) is 5.69 Å². The lowest BCUT2D eigenvalue weighted by molar-refractivity contribution is -0.384. The molecule has 0 spiro atoms. The van der Waals surface area contributed by atoms with Gasteiger partial charge < -0.3 is 15.0 Å². The number of rotatable bonds is 3. The average molecular weight is 346 g/mol. The Labute approximate surface area is 146 Å². The molecule has 1 heterocycles. The van der Waals surface area contributed by atoms with Gasteiger partial charge in [-0.2, -0.15) is 5.26 Å². The van der Waals surface area contributed by atoms with Crippen molar-refractivity contribution < 1.29 is 14.5 Å². The number of nitro groups is 1. The highest BCUT2D eigenvalue weighted by Gasteiger charge is 2.28. The van der Waals surface area contributed by atoms with E-state index in [1.54, 1.807) is 4.90 Å². The van der Waals surface area contributed by atoms with E-state index in [1.165, 1.54) is 18.2 Å². The van der Waals surface area contributed by atoms with Crippen LogP contribution in [0.5, 0.6) is 0 Å². The van der Waals surface area contributed by atoms with Gasteiger partial charge in [0.2, 0.25) is 0 Å². The molecule has 8 heteroatoms. The maximum absolute atomic E-state index is 12.2. The molecule has 8 nitrogen and oxygen atoms in total. The summed E-state index contributed by atoms with van der Waals surface area (Å²) in [6, 6.07) is 6.09. The lowest BCUT2D eigenvalue weighted by Gasteiger charge is -2.34. The lowest BCUT2D eigenvalue weighted by atomic mass is 10.1.